The number of nitrogens with zero attached hydrogens (tertiary/aromatic N) is 1. The van der Waals surface area contributed by atoms with Crippen molar-refractivity contribution >= 4 is 27.5 Å². The molecular formula is C13H14N2O2S. The first-order chi connectivity index (χ1) is 8.63. The number of hydrogen-bond donors (Lipinski definition) is 2. The van der Waals surface area contributed by atoms with Crippen LogP contribution in [0.4, 0.5) is 0 Å². The van der Waals surface area contributed by atoms with Crippen molar-refractivity contribution < 1.29 is 9.90 Å². The number of benzene rings is 1. The molecule has 0 radical (unpaired) electrons. The molecule has 2 atom stereocenters. The van der Waals surface area contributed by atoms with E-state index < -0.39 is 5.97 Å². The predicted octanol–water partition coefficient (Wildman–Crippen LogP) is 2.34. The van der Waals surface area contributed by atoms with Crippen molar-refractivity contribution in [3.05, 3.63) is 28.8 Å². The van der Waals surface area contributed by atoms with Gasteiger partial charge in [-0.2, -0.15) is 0 Å². The van der Waals surface area contributed by atoms with Crippen LogP contribution in [0.5, 0.6) is 0 Å². The first kappa shape index (κ1) is 11.6. The number of aromatic nitrogens is 1. The summed E-state index contributed by atoms with van der Waals surface area (Å²) in [6.45, 7) is 2.55. The van der Waals surface area contributed by atoms with Crippen LogP contribution in [0.15, 0.2) is 18.2 Å². The lowest BCUT2D eigenvalue weighted by atomic mass is 10.0. The van der Waals surface area contributed by atoms with Crippen molar-refractivity contribution in [3.63, 3.8) is 0 Å². The number of nitrogens with one attached hydrogen (secondary N) is 1. The van der Waals surface area contributed by atoms with E-state index in [9.17, 15) is 4.79 Å². The van der Waals surface area contributed by atoms with E-state index in [0.29, 0.717) is 13.0 Å². The van der Waals surface area contributed by atoms with Gasteiger partial charge in [-0.15, -0.1) is 11.3 Å². The molecule has 0 spiro atoms. The number of aliphatic carboxylic acids is 1. The Balaban J connectivity index is 1.88. The van der Waals surface area contributed by atoms with Crippen LogP contribution in [-0.2, 0) is 4.79 Å². The Hall–Kier alpha value is -1.46. The van der Waals surface area contributed by atoms with Crippen molar-refractivity contribution in [1.29, 1.82) is 0 Å². The second-order valence-corrected chi connectivity index (χ2v) is 5.93. The van der Waals surface area contributed by atoms with Gasteiger partial charge in [-0.3, -0.25) is 4.79 Å². The third-order valence-electron chi connectivity index (χ3n) is 3.40. The lowest BCUT2D eigenvalue weighted by molar-refractivity contribution is -0.141. The molecule has 2 N–H and O–H groups in total. The van der Waals surface area contributed by atoms with Crippen molar-refractivity contribution in [2.75, 3.05) is 6.54 Å². The predicted molar refractivity (Wildman–Crippen MR) is 70.8 cm³/mol. The molecule has 1 fully saturated rings. The summed E-state index contributed by atoms with van der Waals surface area (Å²) in [7, 11) is 0. The fraction of sp³-hybridized carbons (Fsp3) is 0.385. The van der Waals surface area contributed by atoms with Gasteiger partial charge in [0.15, 0.2) is 0 Å². The molecule has 3 rings (SSSR count). The first-order valence-corrected chi connectivity index (χ1v) is 6.78. The highest BCUT2D eigenvalue weighted by molar-refractivity contribution is 7.18. The van der Waals surface area contributed by atoms with E-state index in [-0.39, 0.29) is 12.0 Å². The Bertz CT molecular complexity index is 608. The quantitative estimate of drug-likeness (QED) is 0.872. The largest absolute Gasteiger partial charge is 0.481 e. The van der Waals surface area contributed by atoms with E-state index in [1.54, 1.807) is 11.3 Å². The van der Waals surface area contributed by atoms with Crippen LogP contribution in [0.25, 0.3) is 10.2 Å². The summed E-state index contributed by atoms with van der Waals surface area (Å²) in [5.41, 5.74) is 2.18. The van der Waals surface area contributed by atoms with E-state index in [1.165, 1.54) is 4.70 Å². The molecule has 0 saturated carbocycles. The van der Waals surface area contributed by atoms with Crippen LogP contribution in [0, 0.1) is 12.8 Å². The van der Waals surface area contributed by atoms with Crippen LogP contribution >= 0.6 is 11.3 Å². The maximum absolute atomic E-state index is 10.9. The van der Waals surface area contributed by atoms with E-state index >= 15 is 0 Å². The number of hydrogen-bond acceptors (Lipinski definition) is 4. The molecule has 5 heteroatoms. The monoisotopic (exact) mass is 262 g/mol. The van der Waals surface area contributed by atoms with Gasteiger partial charge in [-0.05, 0) is 31.0 Å². The minimum absolute atomic E-state index is 0.151. The lowest BCUT2D eigenvalue weighted by Crippen LogP contribution is -2.17. The van der Waals surface area contributed by atoms with Gasteiger partial charge in [0.1, 0.15) is 0 Å². The number of rotatable bonds is 2. The molecule has 0 bridgehead atoms. The van der Waals surface area contributed by atoms with E-state index in [4.69, 9.17) is 5.11 Å². The van der Waals surface area contributed by atoms with Gasteiger partial charge in [0.05, 0.1) is 21.1 Å². The van der Waals surface area contributed by atoms with E-state index in [1.807, 2.05) is 19.1 Å². The minimum Gasteiger partial charge on any atom is -0.481 e. The van der Waals surface area contributed by atoms with Crippen molar-refractivity contribution in [1.82, 2.24) is 10.3 Å². The Kier molecular flexibility index (Phi) is 2.80. The molecule has 2 aromatic rings. The molecule has 1 aliphatic heterocycles. The second kappa shape index (κ2) is 4.33. The first-order valence-electron chi connectivity index (χ1n) is 5.97. The Morgan fingerprint density at radius 3 is 3.11 bits per heavy atom. The summed E-state index contributed by atoms with van der Waals surface area (Å²) in [4.78, 5) is 15.4. The highest BCUT2D eigenvalue weighted by Gasteiger charge is 2.30. The fourth-order valence-corrected chi connectivity index (χ4v) is 3.33. The maximum atomic E-state index is 10.9. The molecule has 0 aliphatic carbocycles. The Morgan fingerprint density at radius 1 is 1.56 bits per heavy atom. The third kappa shape index (κ3) is 2.00. The number of carboxylic acid groups (broad SMARTS) is 1. The van der Waals surface area contributed by atoms with E-state index in [0.717, 1.165) is 16.1 Å². The molecule has 1 saturated heterocycles. The smallest absolute Gasteiger partial charge is 0.307 e. The zero-order chi connectivity index (χ0) is 12.7. The minimum atomic E-state index is -0.709. The van der Waals surface area contributed by atoms with Gasteiger partial charge in [0.2, 0.25) is 0 Å². The van der Waals surface area contributed by atoms with E-state index in [2.05, 4.69) is 16.4 Å². The molecule has 2 unspecified atom stereocenters. The van der Waals surface area contributed by atoms with Gasteiger partial charge >= 0.3 is 5.97 Å². The third-order valence-corrected chi connectivity index (χ3v) is 4.34. The molecule has 1 aromatic carbocycles. The lowest BCUT2D eigenvalue weighted by Gasteiger charge is -2.10. The average molecular weight is 262 g/mol. The molecule has 94 valence electrons. The zero-order valence-electron chi connectivity index (χ0n) is 10.0. The number of aryl methyl sites for hydroxylation is 1. The normalized spacial score (nSPS) is 23.6. The topological polar surface area (TPSA) is 62.2 Å². The average Bonchev–Trinajstić information content (AvgIpc) is 2.91. The Labute approximate surface area is 109 Å². The van der Waals surface area contributed by atoms with Crippen LogP contribution in [0.3, 0.4) is 0 Å². The van der Waals surface area contributed by atoms with Crippen LogP contribution < -0.4 is 5.32 Å². The molecule has 1 aliphatic rings. The molecule has 1 aromatic heterocycles. The van der Waals surface area contributed by atoms with Crippen molar-refractivity contribution in [2.24, 2.45) is 5.92 Å². The van der Waals surface area contributed by atoms with Gasteiger partial charge in [-0.1, -0.05) is 6.07 Å². The molecule has 2 heterocycles. The van der Waals surface area contributed by atoms with Gasteiger partial charge < -0.3 is 10.4 Å². The van der Waals surface area contributed by atoms with Gasteiger partial charge in [0, 0.05) is 12.6 Å². The second-order valence-electron chi connectivity index (χ2n) is 4.69. The summed E-state index contributed by atoms with van der Waals surface area (Å²) < 4.78 is 1.17. The van der Waals surface area contributed by atoms with Gasteiger partial charge in [-0.25, -0.2) is 4.98 Å². The van der Waals surface area contributed by atoms with Crippen molar-refractivity contribution in [3.8, 4) is 0 Å². The molecule has 4 nitrogen and oxygen atoms in total. The number of fused-ring (bicyclic) bond motifs is 1. The summed E-state index contributed by atoms with van der Waals surface area (Å²) in [5.74, 6) is -0.978. The van der Waals surface area contributed by atoms with Crippen LogP contribution in [0.2, 0.25) is 0 Å². The fourth-order valence-electron chi connectivity index (χ4n) is 2.45. The molecule has 0 amide bonds. The summed E-state index contributed by atoms with van der Waals surface area (Å²) >= 11 is 1.68. The summed E-state index contributed by atoms with van der Waals surface area (Å²) in [6, 6.07) is 6.34. The highest BCUT2D eigenvalue weighted by atomic mass is 32.1. The molecular weight excluding hydrogens is 248 g/mol. The van der Waals surface area contributed by atoms with Crippen LogP contribution in [-0.4, -0.2) is 22.6 Å². The Morgan fingerprint density at radius 2 is 2.39 bits per heavy atom. The van der Waals surface area contributed by atoms with Crippen molar-refractivity contribution in [2.45, 2.75) is 19.4 Å². The SMILES string of the molecule is Cc1nc2ccc(C3CC(C(=O)O)CN3)cc2s1. The summed E-state index contributed by atoms with van der Waals surface area (Å²) in [6.07, 6.45) is 0.665. The standard InChI is InChI=1S/C13H14N2O2S/c1-7-15-10-3-2-8(5-12(10)18-7)11-4-9(6-14-11)13(16)17/h2-3,5,9,11,14H,4,6H2,1H3,(H,16,17). The molecule has 18 heavy (non-hydrogen) atoms. The van der Waals surface area contributed by atoms with Crippen LogP contribution in [0.1, 0.15) is 23.0 Å². The maximum Gasteiger partial charge on any atom is 0.307 e. The number of carbonyl (C=O) groups is 1. The van der Waals surface area contributed by atoms with Gasteiger partial charge in [0.25, 0.3) is 0 Å². The zero-order valence-corrected chi connectivity index (χ0v) is 10.8. The number of thiazole rings is 1. The highest BCUT2D eigenvalue weighted by Crippen LogP contribution is 2.31. The summed E-state index contributed by atoms with van der Waals surface area (Å²) in [5, 5.41) is 13.3. The number of carboxylic acids is 1.